The fraction of sp³-hybridized carbons (Fsp3) is 0.300. The molecule has 27 heavy (non-hydrogen) atoms. The molecule has 2 aromatic heterocycles. The molecule has 3 aromatic rings. The quantitative estimate of drug-likeness (QED) is 0.753. The number of hydrogen-bond acceptors (Lipinski definition) is 6. The summed E-state index contributed by atoms with van der Waals surface area (Å²) in [5.41, 5.74) is 3.59. The van der Waals surface area contributed by atoms with Crippen molar-refractivity contribution >= 4 is 5.95 Å². The van der Waals surface area contributed by atoms with Crippen LogP contribution < -0.4 is 10.5 Å². The zero-order chi connectivity index (χ0) is 18.2. The minimum absolute atomic E-state index is 0.00305. The van der Waals surface area contributed by atoms with Crippen LogP contribution in [0.3, 0.4) is 0 Å². The monoisotopic (exact) mass is 361 g/mol. The lowest BCUT2D eigenvalue weighted by atomic mass is 9.84. The van der Waals surface area contributed by atoms with Gasteiger partial charge in [-0.25, -0.2) is 15.0 Å². The Bertz CT molecular complexity index is 1020. The van der Waals surface area contributed by atoms with Crippen molar-refractivity contribution in [3.8, 4) is 11.4 Å². The van der Waals surface area contributed by atoms with Crippen molar-refractivity contribution in [2.75, 3.05) is 18.1 Å². The van der Waals surface area contributed by atoms with Crippen molar-refractivity contribution in [3.63, 3.8) is 0 Å². The highest BCUT2D eigenvalue weighted by atomic mass is 16.5. The number of H-pyrrole nitrogens is 1. The summed E-state index contributed by atoms with van der Waals surface area (Å²) in [6.45, 7) is 1.29. The van der Waals surface area contributed by atoms with E-state index in [1.807, 2.05) is 0 Å². The van der Waals surface area contributed by atoms with Gasteiger partial charge in [0.15, 0.2) is 0 Å². The molecule has 136 valence electrons. The first-order valence-corrected chi connectivity index (χ1v) is 9.13. The summed E-state index contributed by atoms with van der Waals surface area (Å²) in [5.74, 6) is 0.578. The van der Waals surface area contributed by atoms with Crippen LogP contribution in [0.4, 0.5) is 5.95 Å². The first-order valence-electron chi connectivity index (χ1n) is 9.13. The lowest BCUT2D eigenvalue weighted by Crippen LogP contribution is -2.50. The maximum Gasteiger partial charge on any atom is 0.252 e. The summed E-state index contributed by atoms with van der Waals surface area (Å²) in [5, 5.41) is 0. The molecule has 1 aliphatic heterocycles. The Kier molecular flexibility index (Phi) is 3.94. The molecule has 0 saturated carbocycles. The van der Waals surface area contributed by atoms with Gasteiger partial charge in [-0.3, -0.25) is 9.78 Å². The average Bonchev–Trinajstić information content (AvgIpc) is 2.73. The average molecular weight is 361 g/mol. The lowest BCUT2D eigenvalue weighted by Gasteiger charge is -2.44. The molecule has 0 spiro atoms. The molecule has 0 unspecified atom stereocenters. The van der Waals surface area contributed by atoms with Gasteiger partial charge in [0.2, 0.25) is 5.95 Å². The number of benzene rings is 1. The van der Waals surface area contributed by atoms with Crippen LogP contribution in [0.2, 0.25) is 0 Å². The molecular weight excluding hydrogens is 342 g/mol. The second-order valence-corrected chi connectivity index (χ2v) is 6.84. The topological polar surface area (TPSA) is 84.0 Å². The Hall–Kier alpha value is -3.06. The predicted molar refractivity (Wildman–Crippen MR) is 100 cm³/mol. The van der Waals surface area contributed by atoms with Gasteiger partial charge < -0.3 is 9.64 Å². The number of anilines is 1. The normalized spacial score (nSPS) is 21.4. The number of nitrogens with zero attached hydrogens (tertiary/aromatic N) is 4. The van der Waals surface area contributed by atoms with E-state index in [4.69, 9.17) is 9.72 Å². The molecule has 5 rings (SSSR count). The molecular formula is C20H19N5O2. The fourth-order valence-electron chi connectivity index (χ4n) is 4.08. The molecule has 0 amide bonds. The van der Waals surface area contributed by atoms with Crippen LogP contribution >= 0.6 is 0 Å². The smallest absolute Gasteiger partial charge is 0.252 e. The van der Waals surface area contributed by atoms with Crippen LogP contribution in [0.25, 0.3) is 11.4 Å². The van der Waals surface area contributed by atoms with E-state index in [0.29, 0.717) is 30.5 Å². The molecule has 1 aliphatic carbocycles. The van der Waals surface area contributed by atoms with Gasteiger partial charge >= 0.3 is 0 Å². The standard InChI is InChI=1S/C20H19N5O2/c26-18-11-16(15-7-8-21-12-22-15)23-20(24-18)25-9-10-27-19-14-4-2-1-3-13(14)5-6-17(19)25/h1-4,7-8,11-12,17,19H,5-6,9-10H2,(H,23,24,26)/t17-,19+/m1/s1. The third-order valence-electron chi connectivity index (χ3n) is 5.30. The van der Waals surface area contributed by atoms with E-state index >= 15 is 0 Å². The summed E-state index contributed by atoms with van der Waals surface area (Å²) in [4.78, 5) is 30.2. The zero-order valence-electron chi connectivity index (χ0n) is 14.7. The van der Waals surface area contributed by atoms with E-state index in [9.17, 15) is 4.79 Å². The Morgan fingerprint density at radius 2 is 2.11 bits per heavy atom. The first kappa shape index (κ1) is 16.1. The molecule has 7 nitrogen and oxygen atoms in total. The maximum absolute atomic E-state index is 12.3. The molecule has 1 N–H and O–H groups in total. The third-order valence-corrected chi connectivity index (χ3v) is 5.30. The molecule has 2 aliphatic rings. The number of nitrogens with one attached hydrogen (secondary N) is 1. The van der Waals surface area contributed by atoms with E-state index in [1.165, 1.54) is 23.5 Å². The third kappa shape index (κ3) is 2.90. The van der Waals surface area contributed by atoms with Crippen LogP contribution in [-0.2, 0) is 11.2 Å². The first-order chi connectivity index (χ1) is 13.3. The van der Waals surface area contributed by atoms with E-state index in [-0.39, 0.29) is 17.7 Å². The molecule has 1 saturated heterocycles. The van der Waals surface area contributed by atoms with Gasteiger partial charge in [-0.05, 0) is 30.0 Å². The van der Waals surface area contributed by atoms with Crippen LogP contribution in [0.1, 0.15) is 23.7 Å². The summed E-state index contributed by atoms with van der Waals surface area (Å²) >= 11 is 0. The SMILES string of the molecule is O=c1cc(-c2ccncn2)nc(N2CCO[C@H]3c4ccccc4CC[C@H]32)[nH]1. The zero-order valence-corrected chi connectivity index (χ0v) is 14.7. The number of rotatable bonds is 2. The molecule has 1 aromatic carbocycles. The Morgan fingerprint density at radius 3 is 3.00 bits per heavy atom. The van der Waals surface area contributed by atoms with Gasteiger partial charge in [0, 0.05) is 18.8 Å². The molecule has 7 heteroatoms. The van der Waals surface area contributed by atoms with Gasteiger partial charge in [0.05, 0.1) is 24.0 Å². The number of aromatic amines is 1. The largest absolute Gasteiger partial charge is 0.370 e. The number of morpholine rings is 1. The summed E-state index contributed by atoms with van der Waals surface area (Å²) in [6, 6.07) is 11.8. The fourth-order valence-corrected chi connectivity index (χ4v) is 4.08. The summed E-state index contributed by atoms with van der Waals surface area (Å²) in [7, 11) is 0. The van der Waals surface area contributed by atoms with Crippen molar-refractivity contribution in [2.45, 2.75) is 25.0 Å². The van der Waals surface area contributed by atoms with Crippen LogP contribution in [0.5, 0.6) is 0 Å². The Balaban J connectivity index is 1.54. The number of aryl methyl sites for hydroxylation is 1. The van der Waals surface area contributed by atoms with E-state index < -0.39 is 0 Å². The lowest BCUT2D eigenvalue weighted by molar-refractivity contribution is 0.00204. The molecule has 0 radical (unpaired) electrons. The van der Waals surface area contributed by atoms with Gasteiger partial charge in [-0.2, -0.15) is 0 Å². The van der Waals surface area contributed by atoms with Gasteiger partial charge in [-0.15, -0.1) is 0 Å². The van der Waals surface area contributed by atoms with Crippen LogP contribution in [0, 0.1) is 0 Å². The van der Waals surface area contributed by atoms with Gasteiger partial charge in [-0.1, -0.05) is 24.3 Å². The van der Waals surface area contributed by atoms with Crippen molar-refractivity contribution in [1.82, 2.24) is 19.9 Å². The number of ether oxygens (including phenoxy) is 1. The van der Waals surface area contributed by atoms with Crippen LogP contribution in [-0.4, -0.2) is 39.1 Å². The second-order valence-electron chi connectivity index (χ2n) is 6.84. The highest BCUT2D eigenvalue weighted by Crippen LogP contribution is 2.38. The molecule has 2 atom stereocenters. The second kappa shape index (κ2) is 6.59. The molecule has 3 heterocycles. The van der Waals surface area contributed by atoms with Crippen LogP contribution in [0.15, 0.2) is 53.7 Å². The highest BCUT2D eigenvalue weighted by Gasteiger charge is 2.38. The number of aromatic nitrogens is 4. The van der Waals surface area contributed by atoms with Crippen molar-refractivity contribution < 1.29 is 4.74 Å². The summed E-state index contributed by atoms with van der Waals surface area (Å²) in [6.07, 6.45) is 5.06. The predicted octanol–water partition coefficient (Wildman–Crippen LogP) is 2.12. The maximum atomic E-state index is 12.3. The molecule has 1 fully saturated rings. The van der Waals surface area contributed by atoms with Gasteiger partial charge in [0.1, 0.15) is 12.4 Å². The number of hydrogen-bond donors (Lipinski definition) is 1. The Morgan fingerprint density at radius 1 is 1.19 bits per heavy atom. The van der Waals surface area contributed by atoms with E-state index in [1.54, 1.807) is 12.3 Å². The van der Waals surface area contributed by atoms with Crippen molar-refractivity contribution in [2.24, 2.45) is 0 Å². The van der Waals surface area contributed by atoms with Gasteiger partial charge in [0.25, 0.3) is 5.56 Å². The minimum atomic E-state index is -0.187. The van der Waals surface area contributed by atoms with Crippen molar-refractivity contribution in [1.29, 1.82) is 0 Å². The minimum Gasteiger partial charge on any atom is -0.370 e. The van der Waals surface area contributed by atoms with Crippen molar-refractivity contribution in [3.05, 3.63) is 70.4 Å². The Labute approximate surface area is 156 Å². The summed E-state index contributed by atoms with van der Waals surface area (Å²) < 4.78 is 6.12. The highest BCUT2D eigenvalue weighted by molar-refractivity contribution is 5.55. The van der Waals surface area contributed by atoms with E-state index in [0.717, 1.165) is 12.8 Å². The molecule has 0 bridgehead atoms. The number of fused-ring (bicyclic) bond motifs is 3. The van der Waals surface area contributed by atoms with E-state index in [2.05, 4.69) is 44.1 Å².